The summed E-state index contributed by atoms with van der Waals surface area (Å²) in [5, 5.41) is 4.76. The maximum atomic E-state index is 4.68. The third-order valence-electron chi connectivity index (χ3n) is 3.09. The molecule has 1 aromatic carbocycles. The fraction of sp³-hybridized carbons (Fsp3) is 0.533. The highest BCUT2D eigenvalue weighted by atomic mass is 32.1. The van der Waals surface area contributed by atoms with E-state index in [0.29, 0.717) is 6.04 Å². The summed E-state index contributed by atoms with van der Waals surface area (Å²) in [6.07, 6.45) is 2.53. The Morgan fingerprint density at radius 2 is 2.00 bits per heavy atom. The lowest BCUT2D eigenvalue weighted by molar-refractivity contribution is 0.497. The Labute approximate surface area is 113 Å². The van der Waals surface area contributed by atoms with Gasteiger partial charge < -0.3 is 5.32 Å². The minimum Gasteiger partial charge on any atom is -0.308 e. The lowest BCUT2D eigenvalue weighted by Crippen LogP contribution is -2.20. The highest BCUT2D eigenvalue weighted by Crippen LogP contribution is 2.25. The maximum Gasteiger partial charge on any atom is 0.111 e. The van der Waals surface area contributed by atoms with Crippen molar-refractivity contribution in [2.24, 2.45) is 5.92 Å². The number of nitrogens with zero attached hydrogens (tertiary/aromatic N) is 1. The Hall–Kier alpha value is -0.930. The number of hydrogen-bond donors (Lipinski definition) is 1. The summed E-state index contributed by atoms with van der Waals surface area (Å²) in [6.45, 7) is 7.83. The zero-order valence-electron chi connectivity index (χ0n) is 11.4. The topological polar surface area (TPSA) is 24.9 Å². The molecule has 0 bridgehead atoms. The third-order valence-corrected chi connectivity index (χ3v) is 4.31. The molecule has 0 fully saturated rings. The molecule has 0 spiro atoms. The quantitative estimate of drug-likeness (QED) is 0.781. The average Bonchev–Trinajstić information content (AvgIpc) is 2.78. The Bertz CT molecular complexity index is 457. The van der Waals surface area contributed by atoms with Crippen LogP contribution in [0.15, 0.2) is 24.3 Å². The maximum absolute atomic E-state index is 4.68. The van der Waals surface area contributed by atoms with E-state index in [1.54, 1.807) is 11.3 Å². The van der Waals surface area contributed by atoms with E-state index >= 15 is 0 Å². The first-order chi connectivity index (χ1) is 8.66. The molecule has 98 valence electrons. The molecule has 0 radical (unpaired) electrons. The van der Waals surface area contributed by atoms with E-state index in [2.05, 4.69) is 49.3 Å². The molecular weight excluding hydrogens is 240 g/mol. The van der Waals surface area contributed by atoms with Crippen LogP contribution in [-0.4, -0.2) is 11.5 Å². The molecule has 0 aliphatic heterocycles. The van der Waals surface area contributed by atoms with Crippen molar-refractivity contribution < 1.29 is 0 Å². The minimum absolute atomic E-state index is 0.356. The van der Waals surface area contributed by atoms with Gasteiger partial charge >= 0.3 is 0 Å². The molecule has 0 saturated carbocycles. The van der Waals surface area contributed by atoms with Crippen LogP contribution in [-0.2, 0) is 0 Å². The van der Waals surface area contributed by atoms with E-state index in [4.69, 9.17) is 0 Å². The second-order valence-corrected chi connectivity index (χ2v) is 6.29. The largest absolute Gasteiger partial charge is 0.308 e. The van der Waals surface area contributed by atoms with Crippen LogP contribution in [0.3, 0.4) is 0 Å². The van der Waals surface area contributed by atoms with Crippen LogP contribution in [0.2, 0.25) is 0 Å². The van der Waals surface area contributed by atoms with Gasteiger partial charge in [-0.2, -0.15) is 0 Å². The normalized spacial score (nSPS) is 13.3. The van der Waals surface area contributed by atoms with Crippen LogP contribution >= 0.6 is 11.3 Å². The molecule has 0 aliphatic carbocycles. The molecule has 3 heteroatoms. The summed E-state index contributed by atoms with van der Waals surface area (Å²) < 4.78 is 1.28. The van der Waals surface area contributed by atoms with Gasteiger partial charge in [0.1, 0.15) is 5.01 Å². The molecule has 1 N–H and O–H groups in total. The van der Waals surface area contributed by atoms with Crippen molar-refractivity contribution in [2.45, 2.75) is 39.7 Å². The molecule has 1 aromatic heterocycles. The predicted molar refractivity (Wildman–Crippen MR) is 80.1 cm³/mol. The van der Waals surface area contributed by atoms with Crippen molar-refractivity contribution in [3.05, 3.63) is 29.3 Å². The Kier molecular flexibility index (Phi) is 4.72. The van der Waals surface area contributed by atoms with Gasteiger partial charge in [-0.3, -0.25) is 0 Å². The smallest absolute Gasteiger partial charge is 0.111 e. The van der Waals surface area contributed by atoms with E-state index in [9.17, 15) is 0 Å². The zero-order chi connectivity index (χ0) is 13.0. The van der Waals surface area contributed by atoms with Crippen molar-refractivity contribution in [1.29, 1.82) is 0 Å². The summed E-state index contributed by atoms with van der Waals surface area (Å²) in [6, 6.07) is 8.70. The molecule has 0 amide bonds. The molecule has 1 atom stereocenters. The highest BCUT2D eigenvalue weighted by Gasteiger charge is 2.10. The summed E-state index contributed by atoms with van der Waals surface area (Å²) in [5.41, 5.74) is 1.12. The Morgan fingerprint density at radius 3 is 2.72 bits per heavy atom. The number of aromatic nitrogens is 1. The standard InChI is InChI=1S/C15H22N2S/c1-11(2)7-6-10-16-12(3)15-17-13-8-4-5-9-14(13)18-15/h4-5,8-9,11-12,16H,6-7,10H2,1-3H3. The summed E-state index contributed by atoms with van der Waals surface area (Å²) in [4.78, 5) is 4.68. The number of fused-ring (bicyclic) bond motifs is 1. The van der Waals surface area contributed by atoms with Gasteiger partial charge in [0.2, 0.25) is 0 Å². The lowest BCUT2D eigenvalue weighted by atomic mass is 10.1. The lowest BCUT2D eigenvalue weighted by Gasteiger charge is -2.11. The summed E-state index contributed by atoms with van der Waals surface area (Å²) in [7, 11) is 0. The zero-order valence-corrected chi connectivity index (χ0v) is 12.3. The SMILES string of the molecule is CC(C)CCCNC(C)c1nc2ccccc2s1. The molecule has 0 aliphatic rings. The van der Waals surface area contributed by atoms with Crippen molar-refractivity contribution in [2.75, 3.05) is 6.54 Å². The molecule has 2 nitrogen and oxygen atoms in total. The molecule has 1 unspecified atom stereocenters. The molecule has 0 saturated heterocycles. The minimum atomic E-state index is 0.356. The first-order valence-corrected chi connectivity index (χ1v) is 7.57. The van der Waals surface area contributed by atoms with E-state index in [-0.39, 0.29) is 0 Å². The van der Waals surface area contributed by atoms with Crippen LogP contribution in [0.1, 0.15) is 44.7 Å². The van der Waals surface area contributed by atoms with Crippen molar-refractivity contribution in [1.82, 2.24) is 10.3 Å². The van der Waals surface area contributed by atoms with Gasteiger partial charge in [0.25, 0.3) is 0 Å². The van der Waals surface area contributed by atoms with Gasteiger partial charge in [-0.15, -0.1) is 11.3 Å². The fourth-order valence-corrected chi connectivity index (χ4v) is 2.99. The van der Waals surface area contributed by atoms with Crippen LogP contribution in [0, 0.1) is 5.92 Å². The van der Waals surface area contributed by atoms with Crippen molar-refractivity contribution >= 4 is 21.6 Å². The summed E-state index contributed by atoms with van der Waals surface area (Å²) >= 11 is 1.80. The third kappa shape index (κ3) is 3.53. The number of nitrogens with one attached hydrogen (secondary N) is 1. The molecule has 1 heterocycles. The molecular formula is C15H22N2S. The number of para-hydroxylation sites is 1. The Balaban J connectivity index is 1.90. The molecule has 18 heavy (non-hydrogen) atoms. The van der Waals surface area contributed by atoms with Gasteiger partial charge in [0.15, 0.2) is 0 Å². The predicted octanol–water partition coefficient (Wildman–Crippen LogP) is 4.38. The second-order valence-electron chi connectivity index (χ2n) is 5.23. The number of benzene rings is 1. The fourth-order valence-electron chi connectivity index (χ4n) is 1.99. The monoisotopic (exact) mass is 262 g/mol. The summed E-state index contributed by atoms with van der Waals surface area (Å²) in [5.74, 6) is 0.796. The van der Waals surface area contributed by atoms with E-state index in [1.807, 2.05) is 6.07 Å². The van der Waals surface area contributed by atoms with E-state index in [1.165, 1.54) is 22.5 Å². The number of hydrogen-bond acceptors (Lipinski definition) is 3. The van der Waals surface area contributed by atoms with Crippen LogP contribution < -0.4 is 5.32 Å². The van der Waals surface area contributed by atoms with Crippen molar-refractivity contribution in [3.63, 3.8) is 0 Å². The number of thiazole rings is 1. The van der Waals surface area contributed by atoms with Crippen molar-refractivity contribution in [3.8, 4) is 0 Å². The van der Waals surface area contributed by atoms with E-state index in [0.717, 1.165) is 18.0 Å². The van der Waals surface area contributed by atoms with Gasteiger partial charge in [-0.05, 0) is 44.4 Å². The average molecular weight is 262 g/mol. The Morgan fingerprint density at radius 1 is 1.22 bits per heavy atom. The van der Waals surface area contributed by atoms with Gasteiger partial charge in [-0.25, -0.2) is 4.98 Å². The van der Waals surface area contributed by atoms with Gasteiger partial charge in [0.05, 0.1) is 16.3 Å². The van der Waals surface area contributed by atoms with Crippen LogP contribution in [0.4, 0.5) is 0 Å². The molecule has 2 rings (SSSR count). The van der Waals surface area contributed by atoms with Gasteiger partial charge in [0, 0.05) is 0 Å². The first-order valence-electron chi connectivity index (χ1n) is 6.75. The van der Waals surface area contributed by atoms with E-state index < -0.39 is 0 Å². The van der Waals surface area contributed by atoms with Gasteiger partial charge in [-0.1, -0.05) is 26.0 Å². The van der Waals surface area contributed by atoms with Crippen LogP contribution in [0.5, 0.6) is 0 Å². The second kappa shape index (κ2) is 6.30. The first kappa shape index (κ1) is 13.5. The number of rotatable bonds is 6. The highest BCUT2D eigenvalue weighted by molar-refractivity contribution is 7.18. The van der Waals surface area contributed by atoms with Crippen LogP contribution in [0.25, 0.3) is 10.2 Å². The molecule has 2 aromatic rings.